The van der Waals surface area contributed by atoms with E-state index >= 15 is 0 Å². The number of rotatable bonds is 10. The molecule has 0 spiro atoms. The predicted octanol–water partition coefficient (Wildman–Crippen LogP) is 5.59. The minimum Gasteiger partial charge on any atom is -0.493 e. The quantitative estimate of drug-likeness (QED) is 0.197. The number of nitrogens with two attached hydrogens (primary N) is 1. The number of sulfone groups is 1. The number of carbonyl (C=O) groups excluding carboxylic acids is 1. The molecule has 1 fully saturated rings. The molecule has 2 amide bonds. The monoisotopic (exact) mass is 648 g/mol. The van der Waals surface area contributed by atoms with Crippen LogP contribution in [0.25, 0.3) is 10.8 Å². The average Bonchev–Trinajstić information content (AvgIpc) is 3.52. The molecule has 3 aromatic carbocycles. The van der Waals surface area contributed by atoms with Crippen LogP contribution in [-0.4, -0.2) is 61.4 Å². The van der Waals surface area contributed by atoms with Gasteiger partial charge in [-0.15, -0.1) is 0 Å². The van der Waals surface area contributed by atoms with Crippen molar-refractivity contribution in [2.24, 2.45) is 0 Å². The predicted molar refractivity (Wildman–Crippen MR) is 173 cm³/mol. The van der Waals surface area contributed by atoms with Crippen molar-refractivity contribution in [3.05, 3.63) is 78.0 Å². The zero-order valence-electron chi connectivity index (χ0n) is 25.9. The van der Waals surface area contributed by atoms with Crippen molar-refractivity contribution in [1.29, 1.82) is 0 Å². The smallest absolute Gasteiger partial charge is 0.409 e. The van der Waals surface area contributed by atoms with Crippen LogP contribution in [0.1, 0.15) is 50.0 Å². The van der Waals surface area contributed by atoms with Gasteiger partial charge >= 0.3 is 6.09 Å². The third kappa shape index (κ3) is 6.36. The number of anilines is 2. The summed E-state index contributed by atoms with van der Waals surface area (Å²) < 4.78 is 44.3. The summed E-state index contributed by atoms with van der Waals surface area (Å²) in [5.74, 6) is 1.22. The number of nitrogen functional groups attached to an aromatic ring is 1. The van der Waals surface area contributed by atoms with Gasteiger partial charge < -0.3 is 30.0 Å². The van der Waals surface area contributed by atoms with Crippen LogP contribution in [0.5, 0.6) is 17.2 Å². The number of likely N-dealkylation sites (tertiary alicyclic amines) is 1. The van der Waals surface area contributed by atoms with Gasteiger partial charge in [0.25, 0.3) is 5.91 Å². The number of nitrogens with zero attached hydrogens (tertiary/aromatic N) is 2. The Balaban J connectivity index is 1.60. The largest absolute Gasteiger partial charge is 0.493 e. The number of aromatic nitrogens is 1. The molecule has 1 aliphatic heterocycles. The number of carboxylic acid groups (broad SMARTS) is 1. The van der Waals surface area contributed by atoms with Crippen molar-refractivity contribution in [2.45, 2.75) is 49.0 Å². The number of pyridine rings is 1. The number of ether oxygens (including phenoxy) is 3. The zero-order valence-corrected chi connectivity index (χ0v) is 26.7. The third-order valence-electron chi connectivity index (χ3n) is 8.04. The van der Waals surface area contributed by atoms with E-state index in [1.807, 2.05) is 0 Å². The maximum atomic E-state index is 14.6. The Morgan fingerprint density at radius 3 is 2.48 bits per heavy atom. The van der Waals surface area contributed by atoms with Crippen molar-refractivity contribution in [3.8, 4) is 17.2 Å². The highest BCUT2D eigenvalue weighted by molar-refractivity contribution is 7.92. The van der Waals surface area contributed by atoms with E-state index in [2.05, 4.69) is 10.3 Å². The molecule has 4 aromatic rings. The summed E-state index contributed by atoms with van der Waals surface area (Å²) in [5.41, 5.74) is 7.06. The van der Waals surface area contributed by atoms with Crippen LogP contribution in [0, 0.1) is 0 Å². The topological polar surface area (TPSA) is 170 Å². The Bertz CT molecular complexity index is 1900. The molecule has 1 aliphatic rings. The minimum absolute atomic E-state index is 0.0486. The van der Waals surface area contributed by atoms with E-state index in [0.717, 1.165) is 10.8 Å². The minimum atomic E-state index is -3.79. The molecular formula is C33H36N4O8S. The number of fused-ring (bicyclic) bond motifs is 1. The lowest BCUT2D eigenvalue weighted by Crippen LogP contribution is -2.37. The SMILES string of the molecule is COc1ccc([C@@H](Oc2ccc3c(N)nccc3c2)C(=O)N2CCC[C@@H]2c2cc(NC(=O)O)ccc2S(=O)(=O)C(C)C)cc1OC. The fourth-order valence-corrected chi connectivity index (χ4v) is 6.98. The molecule has 0 bridgehead atoms. The molecule has 46 heavy (non-hydrogen) atoms. The number of amides is 2. The van der Waals surface area contributed by atoms with E-state index in [1.165, 1.54) is 32.4 Å². The highest BCUT2D eigenvalue weighted by atomic mass is 32.2. The first-order chi connectivity index (χ1) is 21.9. The first kappa shape index (κ1) is 32.4. The van der Waals surface area contributed by atoms with Gasteiger partial charge in [0.1, 0.15) is 11.6 Å². The Morgan fingerprint density at radius 1 is 1.02 bits per heavy atom. The molecule has 0 saturated carbocycles. The normalized spacial score (nSPS) is 15.5. The van der Waals surface area contributed by atoms with Crippen molar-refractivity contribution >= 4 is 44.1 Å². The van der Waals surface area contributed by atoms with Crippen LogP contribution in [0.3, 0.4) is 0 Å². The summed E-state index contributed by atoms with van der Waals surface area (Å²) >= 11 is 0. The van der Waals surface area contributed by atoms with Gasteiger partial charge in [0.15, 0.2) is 21.3 Å². The van der Waals surface area contributed by atoms with Crippen LogP contribution < -0.4 is 25.3 Å². The molecule has 0 radical (unpaired) electrons. The molecule has 0 unspecified atom stereocenters. The van der Waals surface area contributed by atoms with E-state index in [9.17, 15) is 23.1 Å². The molecule has 2 heterocycles. The Labute approximate surface area is 267 Å². The van der Waals surface area contributed by atoms with Crippen molar-refractivity contribution in [1.82, 2.24) is 9.88 Å². The molecule has 12 nitrogen and oxygen atoms in total. The lowest BCUT2D eigenvalue weighted by molar-refractivity contribution is -0.140. The molecule has 0 aliphatic carbocycles. The summed E-state index contributed by atoms with van der Waals surface area (Å²) in [6, 6.07) is 15.7. The number of methoxy groups -OCH3 is 2. The van der Waals surface area contributed by atoms with E-state index in [0.29, 0.717) is 53.6 Å². The first-order valence-electron chi connectivity index (χ1n) is 14.7. The van der Waals surface area contributed by atoms with Crippen LogP contribution in [0.2, 0.25) is 0 Å². The van der Waals surface area contributed by atoms with Gasteiger partial charge in [-0.2, -0.15) is 0 Å². The second kappa shape index (κ2) is 13.1. The number of nitrogens with one attached hydrogen (secondary N) is 1. The fourth-order valence-electron chi connectivity index (χ4n) is 5.69. The average molecular weight is 649 g/mol. The van der Waals surface area contributed by atoms with Crippen LogP contribution in [0.15, 0.2) is 71.8 Å². The number of hydrogen-bond donors (Lipinski definition) is 3. The van der Waals surface area contributed by atoms with Crippen LogP contribution in [0.4, 0.5) is 16.3 Å². The lowest BCUT2D eigenvalue weighted by atomic mass is 10.0. The summed E-state index contributed by atoms with van der Waals surface area (Å²) in [6.45, 7) is 3.48. The summed E-state index contributed by atoms with van der Waals surface area (Å²) in [5, 5.41) is 12.4. The van der Waals surface area contributed by atoms with Gasteiger partial charge in [-0.25, -0.2) is 18.2 Å². The van der Waals surface area contributed by atoms with E-state index in [1.54, 1.807) is 67.4 Å². The number of hydrogen-bond acceptors (Lipinski definition) is 9. The number of carbonyl (C=O) groups is 2. The highest BCUT2D eigenvalue weighted by Crippen LogP contribution is 2.41. The van der Waals surface area contributed by atoms with Gasteiger partial charge in [0, 0.05) is 29.4 Å². The maximum Gasteiger partial charge on any atom is 0.409 e. The molecule has 13 heteroatoms. The van der Waals surface area contributed by atoms with Crippen molar-refractivity contribution in [2.75, 3.05) is 31.8 Å². The third-order valence-corrected chi connectivity index (χ3v) is 10.3. The van der Waals surface area contributed by atoms with Crippen molar-refractivity contribution < 1.29 is 37.3 Å². The molecule has 1 saturated heterocycles. The zero-order chi connectivity index (χ0) is 33.2. The lowest BCUT2D eigenvalue weighted by Gasteiger charge is -2.31. The van der Waals surface area contributed by atoms with E-state index < -0.39 is 39.2 Å². The van der Waals surface area contributed by atoms with Gasteiger partial charge in [-0.3, -0.25) is 10.1 Å². The van der Waals surface area contributed by atoms with Crippen molar-refractivity contribution in [3.63, 3.8) is 0 Å². The van der Waals surface area contributed by atoms with Gasteiger partial charge in [0.2, 0.25) is 6.10 Å². The summed E-state index contributed by atoms with van der Waals surface area (Å²) in [4.78, 5) is 31.8. The highest BCUT2D eigenvalue weighted by Gasteiger charge is 2.39. The second-order valence-electron chi connectivity index (χ2n) is 11.2. The molecule has 1 aromatic heterocycles. The molecule has 2 atom stereocenters. The Morgan fingerprint density at radius 2 is 1.78 bits per heavy atom. The van der Waals surface area contributed by atoms with Gasteiger partial charge in [-0.1, -0.05) is 6.07 Å². The van der Waals surface area contributed by atoms with Crippen LogP contribution >= 0.6 is 0 Å². The summed E-state index contributed by atoms with van der Waals surface area (Å²) in [7, 11) is -0.788. The first-order valence-corrected chi connectivity index (χ1v) is 16.2. The second-order valence-corrected chi connectivity index (χ2v) is 13.6. The van der Waals surface area contributed by atoms with Gasteiger partial charge in [-0.05, 0) is 92.2 Å². The fraction of sp³-hybridized carbons (Fsp3) is 0.303. The molecule has 242 valence electrons. The molecule has 4 N–H and O–H groups in total. The Hall–Kier alpha value is -5.04. The molecule has 5 rings (SSSR count). The van der Waals surface area contributed by atoms with E-state index in [-0.39, 0.29) is 10.6 Å². The summed E-state index contributed by atoms with van der Waals surface area (Å²) in [6.07, 6.45) is 0.185. The number of benzene rings is 3. The maximum absolute atomic E-state index is 14.6. The van der Waals surface area contributed by atoms with Gasteiger partial charge in [0.05, 0.1) is 30.4 Å². The van der Waals surface area contributed by atoms with E-state index in [4.69, 9.17) is 19.9 Å². The Kier molecular flexibility index (Phi) is 9.24. The molecular weight excluding hydrogens is 612 g/mol. The standard InChI is InChI=1S/C33H36N4O8S/c1-19(2)46(41,42)29-12-8-22(36-33(39)40)18-25(29)26-6-5-15-37(26)32(38)30(21-7-11-27(43-3)28(17-21)44-4)45-23-9-10-24-20(16-23)13-14-35-31(24)34/h7-14,16-19,26,30,36H,5-6,15H2,1-4H3,(H2,34,35)(H,39,40)/t26-,30-/m1/s1. The van der Waals surface area contributed by atoms with Crippen LogP contribution in [-0.2, 0) is 14.6 Å².